The predicted octanol–water partition coefficient (Wildman–Crippen LogP) is 2.58. The van der Waals surface area contributed by atoms with Crippen LogP contribution in [0.1, 0.15) is 48.2 Å². The van der Waals surface area contributed by atoms with Crippen molar-refractivity contribution < 1.29 is 4.74 Å². The van der Waals surface area contributed by atoms with Crippen molar-refractivity contribution in [3.05, 3.63) is 15.6 Å². The molecule has 1 saturated carbocycles. The number of hydrogen-bond acceptors (Lipinski definition) is 4. The number of thiazole rings is 1. The SMILES string of the molecule is CCc1nc(C2(OC)CCCC2)sc1CN. The number of nitrogens with zero attached hydrogens (tertiary/aromatic N) is 1. The Morgan fingerprint density at radius 1 is 1.44 bits per heavy atom. The van der Waals surface area contributed by atoms with E-state index in [9.17, 15) is 0 Å². The van der Waals surface area contributed by atoms with E-state index in [4.69, 9.17) is 15.5 Å². The van der Waals surface area contributed by atoms with E-state index in [0.717, 1.165) is 30.0 Å². The zero-order valence-corrected chi connectivity index (χ0v) is 10.9. The third kappa shape index (κ3) is 1.90. The molecule has 0 amide bonds. The fraction of sp³-hybridized carbons (Fsp3) is 0.750. The number of ether oxygens (including phenoxy) is 1. The van der Waals surface area contributed by atoms with Crippen LogP contribution in [0.3, 0.4) is 0 Å². The number of methoxy groups -OCH3 is 1. The molecule has 16 heavy (non-hydrogen) atoms. The van der Waals surface area contributed by atoms with Gasteiger partial charge in [-0.1, -0.05) is 19.8 Å². The van der Waals surface area contributed by atoms with Crippen LogP contribution in [0.25, 0.3) is 0 Å². The van der Waals surface area contributed by atoms with E-state index in [1.807, 2.05) is 0 Å². The highest BCUT2D eigenvalue weighted by atomic mass is 32.1. The Balaban J connectivity index is 2.35. The molecule has 0 unspecified atom stereocenters. The largest absolute Gasteiger partial charge is 0.371 e. The fourth-order valence-corrected chi connectivity index (χ4v) is 3.72. The Hall–Kier alpha value is -0.450. The maximum Gasteiger partial charge on any atom is 0.125 e. The number of aromatic nitrogens is 1. The third-order valence-corrected chi connectivity index (χ3v) is 4.80. The molecule has 0 atom stereocenters. The van der Waals surface area contributed by atoms with Crippen molar-refractivity contribution in [2.45, 2.75) is 51.2 Å². The van der Waals surface area contributed by atoms with Crippen molar-refractivity contribution in [1.29, 1.82) is 0 Å². The topological polar surface area (TPSA) is 48.1 Å². The molecular formula is C12H20N2OS. The zero-order chi connectivity index (χ0) is 11.6. The number of nitrogens with two attached hydrogens (primary N) is 1. The molecule has 0 spiro atoms. The lowest BCUT2D eigenvalue weighted by Crippen LogP contribution is -2.24. The molecular weight excluding hydrogens is 220 g/mol. The summed E-state index contributed by atoms with van der Waals surface area (Å²) >= 11 is 1.74. The lowest BCUT2D eigenvalue weighted by atomic mass is 10.0. The van der Waals surface area contributed by atoms with Crippen molar-refractivity contribution in [3.8, 4) is 0 Å². The zero-order valence-electron chi connectivity index (χ0n) is 10.1. The highest BCUT2D eigenvalue weighted by Gasteiger charge is 2.38. The number of hydrogen-bond donors (Lipinski definition) is 1. The van der Waals surface area contributed by atoms with Crippen LogP contribution in [0.2, 0.25) is 0 Å². The maximum atomic E-state index is 5.75. The molecule has 1 aliphatic carbocycles. The third-order valence-electron chi connectivity index (χ3n) is 3.49. The fourth-order valence-electron chi connectivity index (χ4n) is 2.47. The average molecular weight is 240 g/mol. The van der Waals surface area contributed by atoms with Gasteiger partial charge in [-0.05, 0) is 19.3 Å². The van der Waals surface area contributed by atoms with E-state index in [1.54, 1.807) is 18.4 Å². The second-order valence-corrected chi connectivity index (χ2v) is 5.44. The van der Waals surface area contributed by atoms with Gasteiger partial charge in [-0.3, -0.25) is 0 Å². The van der Waals surface area contributed by atoms with Crippen LogP contribution in [0.5, 0.6) is 0 Å². The van der Waals surface area contributed by atoms with Gasteiger partial charge in [-0.25, -0.2) is 4.98 Å². The van der Waals surface area contributed by atoms with Gasteiger partial charge in [0.15, 0.2) is 0 Å². The Morgan fingerprint density at radius 3 is 2.56 bits per heavy atom. The minimum atomic E-state index is -0.109. The normalized spacial score (nSPS) is 19.2. The van der Waals surface area contributed by atoms with E-state index < -0.39 is 0 Å². The van der Waals surface area contributed by atoms with Crippen molar-refractivity contribution in [3.63, 3.8) is 0 Å². The molecule has 1 fully saturated rings. The molecule has 1 aromatic rings. The van der Waals surface area contributed by atoms with Gasteiger partial charge in [0.25, 0.3) is 0 Å². The second-order valence-electron chi connectivity index (χ2n) is 4.35. The molecule has 3 nitrogen and oxygen atoms in total. The van der Waals surface area contributed by atoms with Gasteiger partial charge in [0.1, 0.15) is 10.6 Å². The molecule has 0 radical (unpaired) electrons. The maximum absolute atomic E-state index is 5.75. The molecule has 0 saturated heterocycles. The van der Waals surface area contributed by atoms with Crippen LogP contribution in [-0.2, 0) is 23.3 Å². The Labute approximate surface area is 101 Å². The Kier molecular flexibility index (Phi) is 3.62. The average Bonchev–Trinajstić information content (AvgIpc) is 2.95. The number of aryl methyl sites for hydroxylation is 1. The first-order valence-corrected chi connectivity index (χ1v) is 6.81. The van der Waals surface area contributed by atoms with Gasteiger partial charge in [-0.2, -0.15) is 0 Å². The second kappa shape index (κ2) is 4.82. The first-order chi connectivity index (χ1) is 7.75. The molecule has 1 heterocycles. The van der Waals surface area contributed by atoms with Crippen LogP contribution in [0.15, 0.2) is 0 Å². The van der Waals surface area contributed by atoms with Crippen LogP contribution in [0.4, 0.5) is 0 Å². The lowest BCUT2D eigenvalue weighted by Gasteiger charge is -2.24. The van der Waals surface area contributed by atoms with E-state index in [0.29, 0.717) is 6.54 Å². The van der Waals surface area contributed by atoms with Crippen molar-refractivity contribution in [1.82, 2.24) is 4.98 Å². The monoisotopic (exact) mass is 240 g/mol. The summed E-state index contributed by atoms with van der Waals surface area (Å²) in [5.74, 6) is 0. The van der Waals surface area contributed by atoms with Gasteiger partial charge < -0.3 is 10.5 Å². The predicted molar refractivity (Wildman–Crippen MR) is 66.5 cm³/mol. The summed E-state index contributed by atoms with van der Waals surface area (Å²) in [5.41, 5.74) is 6.80. The van der Waals surface area contributed by atoms with Crippen molar-refractivity contribution in [2.24, 2.45) is 5.73 Å². The van der Waals surface area contributed by atoms with Gasteiger partial charge in [0.2, 0.25) is 0 Å². The van der Waals surface area contributed by atoms with Gasteiger partial charge >= 0.3 is 0 Å². The summed E-state index contributed by atoms with van der Waals surface area (Å²) < 4.78 is 5.75. The minimum absolute atomic E-state index is 0.109. The van der Waals surface area contributed by atoms with Crippen molar-refractivity contribution >= 4 is 11.3 Å². The quantitative estimate of drug-likeness (QED) is 0.880. The van der Waals surface area contributed by atoms with Crippen LogP contribution < -0.4 is 5.73 Å². The molecule has 0 bridgehead atoms. The highest BCUT2D eigenvalue weighted by Crippen LogP contribution is 2.43. The van der Waals surface area contributed by atoms with E-state index in [-0.39, 0.29) is 5.60 Å². The summed E-state index contributed by atoms with van der Waals surface area (Å²) in [6.07, 6.45) is 5.65. The Morgan fingerprint density at radius 2 is 2.12 bits per heavy atom. The molecule has 0 aliphatic heterocycles. The minimum Gasteiger partial charge on any atom is -0.371 e. The summed E-state index contributed by atoms with van der Waals surface area (Å²) in [6.45, 7) is 2.73. The molecule has 4 heteroatoms. The molecule has 2 N–H and O–H groups in total. The molecule has 2 rings (SSSR count). The van der Waals surface area contributed by atoms with Gasteiger partial charge in [0, 0.05) is 18.5 Å². The first kappa shape index (κ1) is 12.0. The highest BCUT2D eigenvalue weighted by molar-refractivity contribution is 7.11. The standard InChI is InChI=1S/C12H20N2OS/c1-3-9-10(8-13)16-11(14-9)12(15-2)6-4-5-7-12/h3-8,13H2,1-2H3. The molecule has 0 aromatic carbocycles. The molecule has 1 aliphatic rings. The van der Waals surface area contributed by atoms with Crippen LogP contribution >= 0.6 is 11.3 Å². The summed E-state index contributed by atoms with van der Waals surface area (Å²) in [4.78, 5) is 5.96. The molecule has 1 aromatic heterocycles. The summed E-state index contributed by atoms with van der Waals surface area (Å²) in [6, 6.07) is 0. The van der Waals surface area contributed by atoms with Crippen LogP contribution in [0, 0.1) is 0 Å². The van der Waals surface area contributed by atoms with E-state index in [2.05, 4.69) is 6.92 Å². The van der Waals surface area contributed by atoms with E-state index in [1.165, 1.54) is 17.7 Å². The number of rotatable bonds is 4. The van der Waals surface area contributed by atoms with Crippen molar-refractivity contribution in [2.75, 3.05) is 7.11 Å². The summed E-state index contributed by atoms with van der Waals surface area (Å²) in [5, 5.41) is 1.14. The Bertz CT molecular complexity index is 334. The molecule has 90 valence electrons. The van der Waals surface area contributed by atoms with Gasteiger partial charge in [-0.15, -0.1) is 11.3 Å². The smallest absolute Gasteiger partial charge is 0.125 e. The van der Waals surface area contributed by atoms with E-state index >= 15 is 0 Å². The first-order valence-electron chi connectivity index (χ1n) is 6.00. The lowest BCUT2D eigenvalue weighted by molar-refractivity contribution is -0.00895. The summed E-state index contributed by atoms with van der Waals surface area (Å²) in [7, 11) is 1.81. The van der Waals surface area contributed by atoms with Gasteiger partial charge in [0.05, 0.1) is 5.69 Å². The van der Waals surface area contributed by atoms with Crippen LogP contribution in [-0.4, -0.2) is 12.1 Å².